The number of likely N-dealkylation sites (tertiary alicyclic amines) is 1. The Morgan fingerprint density at radius 1 is 1.05 bits per heavy atom. The molecule has 1 aromatic carbocycles. The van der Waals surface area contributed by atoms with Crippen molar-refractivity contribution in [3.05, 3.63) is 35.9 Å². The van der Waals surface area contributed by atoms with E-state index < -0.39 is 0 Å². The highest BCUT2D eigenvalue weighted by Gasteiger charge is 2.50. The van der Waals surface area contributed by atoms with Gasteiger partial charge in [0.25, 0.3) is 0 Å². The van der Waals surface area contributed by atoms with Gasteiger partial charge in [-0.1, -0.05) is 36.8 Å². The number of fused-ring (bicyclic) bond motifs is 1. The molecule has 0 N–H and O–H groups in total. The molecule has 0 bridgehead atoms. The van der Waals surface area contributed by atoms with Crippen LogP contribution in [0.15, 0.2) is 30.3 Å². The highest BCUT2D eigenvalue weighted by Crippen LogP contribution is 2.43. The average Bonchev–Trinajstić information content (AvgIpc) is 3.04. The molecule has 4 rings (SSSR count). The van der Waals surface area contributed by atoms with Gasteiger partial charge < -0.3 is 4.74 Å². The number of nitrogens with zero attached hydrogens (tertiary/aromatic N) is 1. The molecule has 21 heavy (non-hydrogen) atoms. The van der Waals surface area contributed by atoms with Crippen molar-refractivity contribution < 1.29 is 14.3 Å². The third kappa shape index (κ3) is 2.18. The predicted molar refractivity (Wildman–Crippen MR) is 76.2 cm³/mol. The Morgan fingerprint density at radius 3 is 2.38 bits per heavy atom. The first-order valence-corrected chi connectivity index (χ1v) is 7.81. The average molecular weight is 285 g/mol. The molecule has 4 atom stereocenters. The van der Waals surface area contributed by atoms with E-state index in [0.717, 1.165) is 25.7 Å². The highest BCUT2D eigenvalue weighted by atomic mass is 16.6. The maximum atomic E-state index is 12.2. The normalized spacial score (nSPS) is 34.4. The smallest absolute Gasteiger partial charge is 0.233 e. The Morgan fingerprint density at radius 2 is 1.71 bits per heavy atom. The third-order valence-corrected chi connectivity index (χ3v) is 5.03. The summed E-state index contributed by atoms with van der Waals surface area (Å²) < 4.78 is 5.68. The van der Waals surface area contributed by atoms with Crippen LogP contribution in [0.25, 0.3) is 0 Å². The Labute approximate surface area is 124 Å². The van der Waals surface area contributed by atoms with Crippen LogP contribution >= 0.6 is 0 Å². The van der Waals surface area contributed by atoms with E-state index in [4.69, 9.17) is 4.74 Å². The van der Waals surface area contributed by atoms with Crippen molar-refractivity contribution in [1.29, 1.82) is 0 Å². The van der Waals surface area contributed by atoms with Crippen LogP contribution in [0.4, 0.5) is 0 Å². The van der Waals surface area contributed by atoms with Gasteiger partial charge >= 0.3 is 0 Å². The minimum atomic E-state index is -0.0254. The number of epoxide rings is 1. The van der Waals surface area contributed by atoms with Crippen LogP contribution in [-0.4, -0.2) is 29.4 Å². The number of imide groups is 1. The molecule has 0 radical (unpaired) electrons. The first kappa shape index (κ1) is 13.0. The molecule has 2 saturated heterocycles. The van der Waals surface area contributed by atoms with Crippen molar-refractivity contribution in [3.63, 3.8) is 0 Å². The molecule has 2 heterocycles. The Bertz CT molecular complexity index is 549. The van der Waals surface area contributed by atoms with Gasteiger partial charge in [0, 0.05) is 6.54 Å². The summed E-state index contributed by atoms with van der Waals surface area (Å²) in [4.78, 5) is 26.0. The number of benzene rings is 1. The van der Waals surface area contributed by atoms with Gasteiger partial charge in [0.2, 0.25) is 11.8 Å². The lowest BCUT2D eigenvalue weighted by molar-refractivity contribution is -0.140. The lowest BCUT2D eigenvalue weighted by Crippen LogP contribution is -2.33. The van der Waals surface area contributed by atoms with Crippen LogP contribution in [0.1, 0.15) is 37.4 Å². The summed E-state index contributed by atoms with van der Waals surface area (Å²) in [5.41, 5.74) is 1.18. The van der Waals surface area contributed by atoms with E-state index in [9.17, 15) is 9.59 Å². The van der Waals surface area contributed by atoms with E-state index >= 15 is 0 Å². The molecule has 3 fully saturated rings. The van der Waals surface area contributed by atoms with Gasteiger partial charge in [-0.2, -0.15) is 0 Å². The molecule has 4 heteroatoms. The molecule has 1 aliphatic carbocycles. The summed E-state index contributed by atoms with van der Waals surface area (Å²) in [7, 11) is 0. The van der Waals surface area contributed by atoms with Crippen molar-refractivity contribution >= 4 is 11.8 Å². The molecule has 2 aliphatic heterocycles. The number of amides is 2. The van der Waals surface area contributed by atoms with Crippen LogP contribution < -0.4 is 0 Å². The zero-order valence-electron chi connectivity index (χ0n) is 11.9. The van der Waals surface area contributed by atoms with Crippen LogP contribution in [0.2, 0.25) is 0 Å². The number of hydrogen-bond donors (Lipinski definition) is 0. The summed E-state index contributed by atoms with van der Waals surface area (Å²) in [6.07, 6.45) is 3.82. The molecule has 1 saturated carbocycles. The fourth-order valence-electron chi connectivity index (χ4n) is 3.84. The van der Waals surface area contributed by atoms with Gasteiger partial charge in [-0.05, 0) is 24.8 Å². The van der Waals surface area contributed by atoms with Crippen LogP contribution in [-0.2, 0) is 14.3 Å². The molecular formula is C17H19NO3. The number of hydrogen-bond acceptors (Lipinski definition) is 3. The SMILES string of the molecule is O=C1C2CCCC2C(=O)N1CCC1OC1c1ccccc1. The van der Waals surface area contributed by atoms with Crippen molar-refractivity contribution in [2.24, 2.45) is 11.8 Å². The number of rotatable bonds is 4. The van der Waals surface area contributed by atoms with Crippen molar-refractivity contribution in [2.75, 3.05) is 6.54 Å². The van der Waals surface area contributed by atoms with E-state index in [2.05, 4.69) is 12.1 Å². The molecule has 0 spiro atoms. The summed E-state index contributed by atoms with van der Waals surface area (Å²) in [6, 6.07) is 10.1. The Hall–Kier alpha value is -1.68. The molecule has 1 aromatic rings. The zero-order valence-corrected chi connectivity index (χ0v) is 11.9. The first-order valence-electron chi connectivity index (χ1n) is 7.81. The molecule has 4 unspecified atom stereocenters. The number of ether oxygens (including phenoxy) is 1. The second-order valence-electron chi connectivity index (χ2n) is 6.27. The minimum absolute atomic E-state index is 0.0254. The van der Waals surface area contributed by atoms with E-state index in [1.165, 1.54) is 10.5 Å². The Balaban J connectivity index is 1.34. The fraction of sp³-hybridized carbons (Fsp3) is 0.529. The maximum absolute atomic E-state index is 12.2. The summed E-state index contributed by atoms with van der Waals surface area (Å²) in [5, 5.41) is 0. The minimum Gasteiger partial charge on any atom is -0.364 e. The van der Waals surface area contributed by atoms with Gasteiger partial charge in [-0.3, -0.25) is 14.5 Å². The molecule has 2 amide bonds. The van der Waals surface area contributed by atoms with E-state index in [0.29, 0.717) is 6.54 Å². The maximum Gasteiger partial charge on any atom is 0.233 e. The molecule has 0 aromatic heterocycles. The van der Waals surface area contributed by atoms with Crippen molar-refractivity contribution in [2.45, 2.75) is 37.9 Å². The van der Waals surface area contributed by atoms with Gasteiger partial charge in [-0.15, -0.1) is 0 Å². The summed E-state index contributed by atoms with van der Waals surface area (Å²) in [6.45, 7) is 0.513. The van der Waals surface area contributed by atoms with Gasteiger partial charge in [0.15, 0.2) is 0 Å². The first-order chi connectivity index (χ1) is 10.3. The predicted octanol–water partition coefficient (Wildman–Crippen LogP) is 2.30. The van der Waals surface area contributed by atoms with Gasteiger partial charge in [-0.25, -0.2) is 0 Å². The molecule has 4 nitrogen and oxygen atoms in total. The monoisotopic (exact) mass is 285 g/mol. The zero-order chi connectivity index (χ0) is 14.4. The molecular weight excluding hydrogens is 266 g/mol. The Kier molecular flexibility index (Phi) is 3.07. The van der Waals surface area contributed by atoms with E-state index in [1.54, 1.807) is 0 Å². The topological polar surface area (TPSA) is 49.9 Å². The quantitative estimate of drug-likeness (QED) is 0.630. The van der Waals surface area contributed by atoms with Crippen molar-refractivity contribution in [1.82, 2.24) is 4.90 Å². The summed E-state index contributed by atoms with van der Waals surface area (Å²) >= 11 is 0. The van der Waals surface area contributed by atoms with Crippen molar-refractivity contribution in [3.8, 4) is 0 Å². The number of carbonyl (C=O) groups excluding carboxylic acids is 2. The number of carbonyl (C=O) groups is 2. The van der Waals surface area contributed by atoms with Gasteiger partial charge in [0.05, 0.1) is 17.9 Å². The summed E-state index contributed by atoms with van der Waals surface area (Å²) in [5.74, 6) is 0.0592. The van der Waals surface area contributed by atoms with Crippen LogP contribution in [0.3, 0.4) is 0 Å². The van der Waals surface area contributed by atoms with E-state index in [-0.39, 0.29) is 35.9 Å². The standard InChI is InChI=1S/C17H19NO3/c19-16-12-7-4-8-13(12)17(20)18(16)10-9-14-15(21-14)11-5-2-1-3-6-11/h1-3,5-6,12-15H,4,7-10H2. The van der Waals surface area contributed by atoms with Crippen LogP contribution in [0.5, 0.6) is 0 Å². The van der Waals surface area contributed by atoms with Crippen LogP contribution in [0, 0.1) is 11.8 Å². The second-order valence-corrected chi connectivity index (χ2v) is 6.27. The highest BCUT2D eigenvalue weighted by molar-refractivity contribution is 6.05. The largest absolute Gasteiger partial charge is 0.364 e. The lowest BCUT2D eigenvalue weighted by atomic mass is 10.00. The lowest BCUT2D eigenvalue weighted by Gasteiger charge is -2.14. The molecule has 3 aliphatic rings. The van der Waals surface area contributed by atoms with Gasteiger partial charge in [0.1, 0.15) is 6.10 Å². The third-order valence-electron chi connectivity index (χ3n) is 5.03. The second kappa shape index (κ2) is 4.95. The fourth-order valence-corrected chi connectivity index (χ4v) is 3.84. The molecule has 110 valence electrons. The van der Waals surface area contributed by atoms with E-state index in [1.807, 2.05) is 18.2 Å².